The summed E-state index contributed by atoms with van der Waals surface area (Å²) in [6.45, 7) is 0.715. The van der Waals surface area contributed by atoms with Crippen molar-refractivity contribution in [3.63, 3.8) is 0 Å². The number of ether oxygens (including phenoxy) is 1. The number of aromatic nitrogens is 1. The van der Waals surface area contributed by atoms with Crippen molar-refractivity contribution in [2.75, 3.05) is 6.61 Å². The van der Waals surface area contributed by atoms with E-state index in [1.165, 1.54) is 32.1 Å². The maximum absolute atomic E-state index is 10.7. The van der Waals surface area contributed by atoms with Gasteiger partial charge in [0.25, 0.3) is 0 Å². The smallest absolute Gasteiger partial charge is 0.172 e. The van der Waals surface area contributed by atoms with E-state index in [1.54, 1.807) is 18.3 Å². The average molecular weight is 219 g/mol. The van der Waals surface area contributed by atoms with Crippen LogP contribution < -0.4 is 4.74 Å². The first kappa shape index (κ1) is 11.1. The van der Waals surface area contributed by atoms with Gasteiger partial charge in [-0.05, 0) is 30.9 Å². The lowest BCUT2D eigenvalue weighted by atomic mass is 9.90. The molecule has 1 aliphatic rings. The third-order valence-electron chi connectivity index (χ3n) is 3.11. The van der Waals surface area contributed by atoms with Gasteiger partial charge < -0.3 is 4.74 Å². The van der Waals surface area contributed by atoms with Crippen molar-refractivity contribution in [1.29, 1.82) is 0 Å². The molecule has 86 valence electrons. The molecule has 0 aromatic carbocycles. The van der Waals surface area contributed by atoms with Crippen molar-refractivity contribution in [2.24, 2.45) is 5.92 Å². The fourth-order valence-electron chi connectivity index (χ4n) is 2.17. The van der Waals surface area contributed by atoms with Crippen molar-refractivity contribution >= 4 is 6.29 Å². The molecule has 3 nitrogen and oxygen atoms in total. The molecular weight excluding hydrogens is 202 g/mol. The first-order chi connectivity index (χ1) is 7.90. The molecule has 0 radical (unpaired) electrons. The van der Waals surface area contributed by atoms with Crippen LogP contribution in [-0.4, -0.2) is 17.9 Å². The molecule has 0 amide bonds. The summed E-state index contributed by atoms with van der Waals surface area (Å²) in [7, 11) is 0. The Balaban J connectivity index is 1.90. The second-order valence-corrected chi connectivity index (χ2v) is 4.32. The van der Waals surface area contributed by atoms with Gasteiger partial charge in [-0.25, -0.2) is 4.98 Å². The van der Waals surface area contributed by atoms with E-state index in [9.17, 15) is 4.79 Å². The predicted octanol–water partition coefficient (Wildman–Crippen LogP) is 2.85. The second-order valence-electron chi connectivity index (χ2n) is 4.32. The Kier molecular flexibility index (Phi) is 3.91. The van der Waals surface area contributed by atoms with Crippen molar-refractivity contribution in [1.82, 2.24) is 4.98 Å². The van der Waals surface area contributed by atoms with Crippen LogP contribution in [-0.2, 0) is 0 Å². The largest absolute Gasteiger partial charge is 0.491 e. The maximum atomic E-state index is 10.7. The van der Waals surface area contributed by atoms with E-state index in [2.05, 4.69) is 4.98 Å². The summed E-state index contributed by atoms with van der Waals surface area (Å²) in [6, 6.07) is 3.60. The molecule has 3 heteroatoms. The molecule has 0 atom stereocenters. The molecule has 1 aromatic rings. The molecule has 1 aromatic heterocycles. The lowest BCUT2D eigenvalue weighted by Gasteiger charge is -2.21. The number of carbonyl (C=O) groups excluding carboxylic acids is 1. The number of hydrogen-bond acceptors (Lipinski definition) is 3. The van der Waals surface area contributed by atoms with Gasteiger partial charge in [0.1, 0.15) is 11.4 Å². The number of pyridine rings is 1. The zero-order chi connectivity index (χ0) is 11.2. The van der Waals surface area contributed by atoms with Gasteiger partial charge >= 0.3 is 0 Å². The normalized spacial score (nSPS) is 17.0. The van der Waals surface area contributed by atoms with Gasteiger partial charge in [-0.3, -0.25) is 4.79 Å². The zero-order valence-corrected chi connectivity index (χ0v) is 9.39. The molecule has 2 rings (SSSR count). The van der Waals surface area contributed by atoms with Crippen molar-refractivity contribution < 1.29 is 9.53 Å². The number of carbonyl (C=O) groups is 1. The Morgan fingerprint density at radius 2 is 2.19 bits per heavy atom. The Bertz CT molecular complexity index is 346. The van der Waals surface area contributed by atoms with Gasteiger partial charge in [-0.2, -0.15) is 0 Å². The zero-order valence-electron chi connectivity index (χ0n) is 9.39. The molecule has 0 N–H and O–H groups in total. The molecular formula is C13H17NO2. The summed E-state index contributed by atoms with van der Waals surface area (Å²) in [5, 5.41) is 0. The summed E-state index contributed by atoms with van der Waals surface area (Å²) < 4.78 is 5.67. The molecule has 1 aliphatic carbocycles. The average Bonchev–Trinajstić information content (AvgIpc) is 2.38. The molecule has 0 unspecified atom stereocenters. The molecule has 0 aliphatic heterocycles. The highest BCUT2D eigenvalue weighted by Gasteiger charge is 2.14. The van der Waals surface area contributed by atoms with Gasteiger partial charge in [0.05, 0.1) is 6.61 Å². The summed E-state index contributed by atoms with van der Waals surface area (Å²) >= 11 is 0. The molecule has 0 spiro atoms. The first-order valence-electron chi connectivity index (χ1n) is 5.93. The van der Waals surface area contributed by atoms with E-state index in [-0.39, 0.29) is 0 Å². The van der Waals surface area contributed by atoms with Gasteiger partial charge in [0, 0.05) is 6.20 Å². The SMILES string of the molecule is O=Cc1ncccc1OCC1CCCCC1. The van der Waals surface area contributed by atoms with Crippen molar-refractivity contribution in [3.05, 3.63) is 24.0 Å². The molecule has 0 bridgehead atoms. The van der Waals surface area contributed by atoms with E-state index in [1.807, 2.05) is 0 Å². The van der Waals surface area contributed by atoms with Crippen LogP contribution in [0.15, 0.2) is 18.3 Å². The van der Waals surface area contributed by atoms with Crippen LogP contribution in [0.2, 0.25) is 0 Å². The standard InChI is InChI=1S/C13H17NO2/c15-9-12-13(7-4-8-14-12)16-10-11-5-2-1-3-6-11/h4,7-9,11H,1-3,5-6,10H2. The summed E-state index contributed by atoms with van der Waals surface area (Å²) in [5.41, 5.74) is 0.401. The molecule has 0 saturated heterocycles. The predicted molar refractivity (Wildman–Crippen MR) is 61.7 cm³/mol. The number of nitrogens with zero attached hydrogens (tertiary/aromatic N) is 1. The number of hydrogen-bond donors (Lipinski definition) is 0. The van der Waals surface area contributed by atoms with Crippen molar-refractivity contribution in [2.45, 2.75) is 32.1 Å². The van der Waals surface area contributed by atoms with Gasteiger partial charge in [0.15, 0.2) is 6.29 Å². The van der Waals surface area contributed by atoms with Gasteiger partial charge in [-0.15, -0.1) is 0 Å². The Morgan fingerprint density at radius 3 is 2.94 bits per heavy atom. The number of aldehydes is 1. The lowest BCUT2D eigenvalue weighted by Crippen LogP contribution is -2.15. The topological polar surface area (TPSA) is 39.2 Å². The first-order valence-corrected chi connectivity index (χ1v) is 5.93. The Morgan fingerprint density at radius 1 is 1.38 bits per heavy atom. The monoisotopic (exact) mass is 219 g/mol. The molecule has 16 heavy (non-hydrogen) atoms. The minimum atomic E-state index is 0.401. The summed E-state index contributed by atoms with van der Waals surface area (Å²) in [6.07, 6.45) is 8.81. The van der Waals surface area contributed by atoms with Crippen LogP contribution in [0.25, 0.3) is 0 Å². The van der Waals surface area contributed by atoms with Crippen LogP contribution in [0, 0.1) is 5.92 Å². The van der Waals surface area contributed by atoms with E-state index in [4.69, 9.17) is 4.74 Å². The quantitative estimate of drug-likeness (QED) is 0.731. The van der Waals surface area contributed by atoms with Crippen molar-refractivity contribution in [3.8, 4) is 5.75 Å². The van der Waals surface area contributed by atoms with Gasteiger partial charge in [0.2, 0.25) is 0 Å². The van der Waals surface area contributed by atoms with Crippen LogP contribution >= 0.6 is 0 Å². The summed E-state index contributed by atoms with van der Waals surface area (Å²) in [5.74, 6) is 1.26. The third kappa shape index (κ3) is 2.81. The minimum absolute atomic E-state index is 0.401. The maximum Gasteiger partial charge on any atom is 0.172 e. The second kappa shape index (κ2) is 5.64. The van der Waals surface area contributed by atoms with E-state index >= 15 is 0 Å². The summed E-state index contributed by atoms with van der Waals surface area (Å²) in [4.78, 5) is 14.7. The molecule has 1 fully saturated rings. The highest BCUT2D eigenvalue weighted by molar-refractivity contribution is 5.75. The number of rotatable bonds is 4. The van der Waals surface area contributed by atoms with Crippen LogP contribution in [0.1, 0.15) is 42.6 Å². The van der Waals surface area contributed by atoms with Gasteiger partial charge in [-0.1, -0.05) is 19.3 Å². The van der Waals surface area contributed by atoms with E-state index in [0.29, 0.717) is 24.0 Å². The highest BCUT2D eigenvalue weighted by Crippen LogP contribution is 2.24. The van der Waals surface area contributed by atoms with Crippen LogP contribution in [0.5, 0.6) is 5.75 Å². The fourth-order valence-corrected chi connectivity index (χ4v) is 2.17. The fraction of sp³-hybridized carbons (Fsp3) is 0.538. The van der Waals surface area contributed by atoms with Crippen LogP contribution in [0.4, 0.5) is 0 Å². The van der Waals surface area contributed by atoms with E-state index in [0.717, 1.165) is 6.29 Å². The van der Waals surface area contributed by atoms with E-state index < -0.39 is 0 Å². The molecule has 1 heterocycles. The minimum Gasteiger partial charge on any atom is -0.491 e. The highest BCUT2D eigenvalue weighted by atomic mass is 16.5. The third-order valence-corrected chi connectivity index (χ3v) is 3.11. The van der Waals surface area contributed by atoms with Crippen LogP contribution in [0.3, 0.4) is 0 Å². The Labute approximate surface area is 95.8 Å². The lowest BCUT2D eigenvalue weighted by molar-refractivity contribution is 0.111. The molecule has 1 saturated carbocycles. The Hall–Kier alpha value is -1.38.